The van der Waals surface area contributed by atoms with Crippen LogP contribution in [0.25, 0.3) is 10.1 Å². The van der Waals surface area contributed by atoms with E-state index in [0.29, 0.717) is 0 Å². The molecule has 0 bridgehead atoms. The molecule has 1 aliphatic rings. The summed E-state index contributed by atoms with van der Waals surface area (Å²) in [5, 5.41) is 3.72. The molecule has 19 heavy (non-hydrogen) atoms. The fourth-order valence-corrected chi connectivity index (χ4v) is 4.35. The van der Waals surface area contributed by atoms with Crippen molar-refractivity contribution in [1.29, 1.82) is 0 Å². The highest BCUT2D eigenvalue weighted by molar-refractivity contribution is 7.17. The summed E-state index contributed by atoms with van der Waals surface area (Å²) in [5.74, 6) is 0.913. The molecule has 1 saturated carbocycles. The van der Waals surface area contributed by atoms with Crippen LogP contribution in [0.1, 0.15) is 44.6 Å². The van der Waals surface area contributed by atoms with Gasteiger partial charge in [-0.25, -0.2) is 0 Å². The van der Waals surface area contributed by atoms with Crippen molar-refractivity contribution < 1.29 is 0 Å². The average molecular weight is 273 g/mol. The number of fused-ring (bicyclic) bond motifs is 1. The lowest BCUT2D eigenvalue weighted by Gasteiger charge is -2.37. The fraction of sp³-hybridized carbons (Fsp3) is 0.529. The molecule has 2 N–H and O–H groups in total. The van der Waals surface area contributed by atoms with Crippen LogP contribution in [0.15, 0.2) is 29.6 Å². The first kappa shape index (κ1) is 13.1. The van der Waals surface area contributed by atoms with Crippen LogP contribution in [0.5, 0.6) is 0 Å². The topological polar surface area (TPSA) is 26.0 Å². The molecular formula is C17H23NS. The van der Waals surface area contributed by atoms with Gasteiger partial charge in [-0.05, 0) is 60.4 Å². The first-order valence-corrected chi connectivity index (χ1v) is 8.32. The Labute approximate surface area is 119 Å². The molecule has 2 aromatic rings. The highest BCUT2D eigenvalue weighted by Crippen LogP contribution is 2.36. The third-order valence-electron chi connectivity index (χ3n) is 4.78. The summed E-state index contributed by atoms with van der Waals surface area (Å²) in [6.45, 7) is 2.31. The lowest BCUT2D eigenvalue weighted by molar-refractivity contribution is 0.229. The number of hydrogen-bond acceptors (Lipinski definition) is 2. The fourth-order valence-electron chi connectivity index (χ4n) is 3.39. The number of thiophene rings is 1. The molecule has 0 spiro atoms. The van der Waals surface area contributed by atoms with E-state index >= 15 is 0 Å². The number of rotatable bonds is 3. The molecule has 1 aromatic carbocycles. The zero-order valence-electron chi connectivity index (χ0n) is 11.7. The largest absolute Gasteiger partial charge is 0.325 e. The number of nitrogens with two attached hydrogens (primary N) is 1. The SMILES string of the molecule is CCC1CCC(N)(Cc2csc3ccccc23)CC1. The second-order valence-corrected chi connectivity index (χ2v) is 7.06. The number of hydrogen-bond donors (Lipinski definition) is 1. The van der Waals surface area contributed by atoms with Gasteiger partial charge < -0.3 is 5.73 Å². The minimum atomic E-state index is 0.0372. The molecule has 0 saturated heterocycles. The molecule has 2 heteroatoms. The maximum atomic E-state index is 6.66. The predicted octanol–water partition coefficient (Wildman–Crippen LogP) is 4.74. The van der Waals surface area contributed by atoms with Crippen LogP contribution in [-0.4, -0.2) is 5.54 Å². The molecule has 0 amide bonds. The van der Waals surface area contributed by atoms with E-state index in [4.69, 9.17) is 5.73 Å². The monoisotopic (exact) mass is 273 g/mol. The summed E-state index contributed by atoms with van der Waals surface area (Å²) in [6.07, 6.45) is 7.38. The van der Waals surface area contributed by atoms with Gasteiger partial charge in [-0.3, -0.25) is 0 Å². The van der Waals surface area contributed by atoms with Crippen molar-refractivity contribution in [3.8, 4) is 0 Å². The first-order valence-electron chi connectivity index (χ1n) is 7.44. The van der Waals surface area contributed by atoms with E-state index in [1.807, 2.05) is 11.3 Å². The Balaban J connectivity index is 1.77. The normalized spacial score (nSPS) is 27.8. The minimum Gasteiger partial charge on any atom is -0.325 e. The highest BCUT2D eigenvalue weighted by Gasteiger charge is 2.31. The summed E-state index contributed by atoms with van der Waals surface area (Å²) < 4.78 is 1.39. The van der Waals surface area contributed by atoms with Gasteiger partial charge in [0.25, 0.3) is 0 Å². The second kappa shape index (κ2) is 5.26. The van der Waals surface area contributed by atoms with Gasteiger partial charge in [0.1, 0.15) is 0 Å². The van der Waals surface area contributed by atoms with Gasteiger partial charge in [0.05, 0.1) is 0 Å². The Kier molecular flexibility index (Phi) is 3.64. The zero-order chi connectivity index (χ0) is 13.3. The Morgan fingerprint density at radius 1 is 1.26 bits per heavy atom. The molecule has 1 aromatic heterocycles. The van der Waals surface area contributed by atoms with Gasteiger partial charge in [-0.15, -0.1) is 11.3 Å². The molecule has 0 unspecified atom stereocenters. The standard InChI is InChI=1S/C17H23NS/c1-2-13-7-9-17(18,10-8-13)11-14-12-19-16-6-4-3-5-15(14)16/h3-6,12-13H,2,7-11,18H2,1H3. The van der Waals surface area contributed by atoms with Gasteiger partial charge in [0.2, 0.25) is 0 Å². The van der Waals surface area contributed by atoms with Crippen LogP contribution in [0.4, 0.5) is 0 Å². The predicted molar refractivity (Wildman–Crippen MR) is 84.7 cm³/mol. The van der Waals surface area contributed by atoms with E-state index in [0.717, 1.165) is 12.3 Å². The summed E-state index contributed by atoms with van der Waals surface area (Å²) in [7, 11) is 0. The van der Waals surface area contributed by atoms with Crippen molar-refractivity contribution in [3.63, 3.8) is 0 Å². The summed E-state index contributed by atoms with van der Waals surface area (Å²) in [6, 6.07) is 8.70. The molecule has 1 heterocycles. The molecule has 1 nitrogen and oxygen atoms in total. The van der Waals surface area contributed by atoms with Crippen molar-refractivity contribution in [2.45, 2.75) is 51.0 Å². The van der Waals surface area contributed by atoms with Gasteiger partial charge in [0.15, 0.2) is 0 Å². The highest BCUT2D eigenvalue weighted by atomic mass is 32.1. The lowest BCUT2D eigenvalue weighted by Crippen LogP contribution is -2.45. The van der Waals surface area contributed by atoms with Crippen molar-refractivity contribution in [2.75, 3.05) is 0 Å². The van der Waals surface area contributed by atoms with E-state index in [2.05, 4.69) is 36.6 Å². The zero-order valence-corrected chi connectivity index (χ0v) is 12.5. The number of benzene rings is 1. The third-order valence-corrected chi connectivity index (χ3v) is 5.79. The molecule has 1 fully saturated rings. The molecular weight excluding hydrogens is 250 g/mol. The Morgan fingerprint density at radius 2 is 2.00 bits per heavy atom. The second-order valence-electron chi connectivity index (χ2n) is 6.15. The average Bonchev–Trinajstić information content (AvgIpc) is 2.83. The molecule has 3 rings (SSSR count). The molecule has 1 aliphatic carbocycles. The Hall–Kier alpha value is -0.860. The smallest absolute Gasteiger partial charge is 0.0345 e. The first-order chi connectivity index (χ1) is 9.20. The van der Waals surface area contributed by atoms with Crippen LogP contribution < -0.4 is 5.73 Å². The van der Waals surface area contributed by atoms with E-state index in [9.17, 15) is 0 Å². The minimum absolute atomic E-state index is 0.0372. The lowest BCUT2D eigenvalue weighted by atomic mass is 9.73. The molecule has 0 atom stereocenters. The summed E-state index contributed by atoms with van der Waals surface area (Å²) >= 11 is 1.85. The van der Waals surface area contributed by atoms with Crippen LogP contribution >= 0.6 is 11.3 Å². The van der Waals surface area contributed by atoms with Crippen molar-refractivity contribution in [3.05, 3.63) is 35.2 Å². The van der Waals surface area contributed by atoms with Gasteiger partial charge >= 0.3 is 0 Å². The van der Waals surface area contributed by atoms with Crippen LogP contribution in [-0.2, 0) is 6.42 Å². The van der Waals surface area contributed by atoms with Crippen LogP contribution in [0.2, 0.25) is 0 Å². The van der Waals surface area contributed by atoms with Gasteiger partial charge in [-0.1, -0.05) is 31.5 Å². The quantitative estimate of drug-likeness (QED) is 0.858. The molecule has 0 radical (unpaired) electrons. The van der Waals surface area contributed by atoms with Crippen molar-refractivity contribution in [1.82, 2.24) is 0 Å². The van der Waals surface area contributed by atoms with E-state index in [-0.39, 0.29) is 5.54 Å². The third kappa shape index (κ3) is 2.70. The maximum Gasteiger partial charge on any atom is 0.0345 e. The summed E-state index contributed by atoms with van der Waals surface area (Å²) in [5.41, 5.74) is 8.16. The molecule has 0 aliphatic heterocycles. The Morgan fingerprint density at radius 3 is 2.74 bits per heavy atom. The van der Waals surface area contributed by atoms with Gasteiger partial charge in [0, 0.05) is 10.2 Å². The van der Waals surface area contributed by atoms with Crippen LogP contribution in [0, 0.1) is 5.92 Å². The van der Waals surface area contributed by atoms with Crippen molar-refractivity contribution >= 4 is 21.4 Å². The van der Waals surface area contributed by atoms with Crippen molar-refractivity contribution in [2.24, 2.45) is 11.7 Å². The summed E-state index contributed by atoms with van der Waals surface area (Å²) in [4.78, 5) is 0. The van der Waals surface area contributed by atoms with Gasteiger partial charge in [-0.2, -0.15) is 0 Å². The Bertz CT molecular complexity index is 549. The van der Waals surface area contributed by atoms with E-state index < -0.39 is 0 Å². The molecule has 102 valence electrons. The maximum absolute atomic E-state index is 6.66. The van der Waals surface area contributed by atoms with E-state index in [1.165, 1.54) is 47.8 Å². The van der Waals surface area contributed by atoms with E-state index in [1.54, 1.807) is 0 Å². The van der Waals surface area contributed by atoms with Crippen LogP contribution in [0.3, 0.4) is 0 Å².